The average molecular weight is 291 g/mol. The summed E-state index contributed by atoms with van der Waals surface area (Å²) in [6.45, 7) is 6.45. The molecule has 0 aromatic rings. The van der Waals surface area contributed by atoms with E-state index in [-0.39, 0.29) is 0 Å². The van der Waals surface area contributed by atoms with Crippen molar-refractivity contribution in [2.75, 3.05) is 19.6 Å². The minimum atomic E-state index is 0.833. The van der Waals surface area contributed by atoms with Gasteiger partial charge in [-0.05, 0) is 77.4 Å². The molecule has 4 heterocycles. The third-order valence-corrected chi connectivity index (χ3v) is 6.66. The molecule has 0 aliphatic carbocycles. The van der Waals surface area contributed by atoms with Crippen molar-refractivity contribution in [3.05, 3.63) is 0 Å². The molecule has 0 aromatic heterocycles. The van der Waals surface area contributed by atoms with Gasteiger partial charge in [-0.15, -0.1) is 0 Å². The first-order chi connectivity index (χ1) is 10.3. The predicted octanol–water partition coefficient (Wildman–Crippen LogP) is 2.61. The molecule has 4 aliphatic rings. The van der Waals surface area contributed by atoms with Crippen LogP contribution in [0.3, 0.4) is 0 Å². The minimum absolute atomic E-state index is 0.833. The van der Waals surface area contributed by atoms with Crippen LogP contribution in [0.2, 0.25) is 0 Å². The van der Waals surface area contributed by atoms with E-state index < -0.39 is 0 Å². The molecule has 3 heteroatoms. The lowest BCUT2D eigenvalue weighted by Gasteiger charge is -2.46. The summed E-state index contributed by atoms with van der Waals surface area (Å²) in [4.78, 5) is 5.73. The van der Waals surface area contributed by atoms with E-state index in [2.05, 4.69) is 22.0 Å². The average Bonchev–Trinajstić information content (AvgIpc) is 3.10. The summed E-state index contributed by atoms with van der Waals surface area (Å²) in [6.07, 6.45) is 12.8. The van der Waals surface area contributed by atoms with Gasteiger partial charge in [-0.25, -0.2) is 0 Å². The van der Waals surface area contributed by atoms with Crippen molar-refractivity contribution in [2.45, 2.75) is 94.9 Å². The molecule has 3 nitrogen and oxygen atoms in total. The van der Waals surface area contributed by atoms with Gasteiger partial charge in [-0.2, -0.15) is 0 Å². The number of nitrogens with one attached hydrogen (secondary N) is 1. The Bertz CT molecular complexity index is 346. The Morgan fingerprint density at radius 2 is 1.76 bits per heavy atom. The van der Waals surface area contributed by atoms with Crippen LogP contribution in [0.25, 0.3) is 0 Å². The lowest BCUT2D eigenvalue weighted by Crippen LogP contribution is -2.55. The Balaban J connectivity index is 1.43. The normalized spacial score (nSPS) is 43.4. The van der Waals surface area contributed by atoms with Crippen LogP contribution in [-0.2, 0) is 0 Å². The molecule has 4 atom stereocenters. The fourth-order valence-electron chi connectivity index (χ4n) is 5.72. The smallest absolute Gasteiger partial charge is 0.0128 e. The van der Waals surface area contributed by atoms with Crippen molar-refractivity contribution >= 4 is 0 Å². The van der Waals surface area contributed by atoms with Gasteiger partial charge in [0, 0.05) is 30.2 Å². The number of hydrogen-bond acceptors (Lipinski definition) is 3. The van der Waals surface area contributed by atoms with E-state index in [1.807, 2.05) is 0 Å². The molecular weight excluding hydrogens is 258 g/mol. The summed E-state index contributed by atoms with van der Waals surface area (Å²) in [6, 6.07) is 4.34. The Labute approximate surface area is 130 Å². The fourth-order valence-corrected chi connectivity index (χ4v) is 5.72. The number of hydrogen-bond donors (Lipinski definition) is 1. The standard InChI is InChI=1S/C18H33N3/c1-2-8-21(18-11-14-5-6-15(12-18)19-14)17-7-10-20-9-3-4-16(20)13-17/h14-19H,2-13H2,1H3. The molecule has 0 spiro atoms. The maximum atomic E-state index is 3.82. The monoisotopic (exact) mass is 291 g/mol. The Kier molecular flexibility index (Phi) is 4.25. The molecule has 4 aliphatic heterocycles. The molecule has 2 bridgehead atoms. The maximum Gasteiger partial charge on any atom is 0.0128 e. The highest BCUT2D eigenvalue weighted by molar-refractivity contribution is 4.99. The molecule has 4 rings (SSSR count). The topological polar surface area (TPSA) is 18.5 Å². The van der Waals surface area contributed by atoms with Crippen LogP contribution in [0, 0.1) is 0 Å². The molecule has 120 valence electrons. The zero-order chi connectivity index (χ0) is 14.2. The fraction of sp³-hybridized carbons (Fsp3) is 1.00. The Hall–Kier alpha value is -0.120. The molecule has 0 saturated carbocycles. The highest BCUT2D eigenvalue weighted by Gasteiger charge is 2.40. The van der Waals surface area contributed by atoms with Gasteiger partial charge in [0.1, 0.15) is 0 Å². The van der Waals surface area contributed by atoms with Crippen LogP contribution in [-0.4, -0.2) is 59.6 Å². The van der Waals surface area contributed by atoms with Gasteiger partial charge in [0.05, 0.1) is 0 Å². The third kappa shape index (κ3) is 2.89. The van der Waals surface area contributed by atoms with Crippen molar-refractivity contribution in [3.8, 4) is 0 Å². The highest BCUT2D eigenvalue weighted by atomic mass is 15.3. The zero-order valence-electron chi connectivity index (χ0n) is 13.8. The van der Waals surface area contributed by atoms with Crippen LogP contribution < -0.4 is 5.32 Å². The number of nitrogens with zero attached hydrogens (tertiary/aromatic N) is 2. The highest BCUT2D eigenvalue weighted by Crippen LogP contribution is 2.35. The lowest BCUT2D eigenvalue weighted by atomic mass is 9.91. The first-order valence-electron chi connectivity index (χ1n) is 9.59. The van der Waals surface area contributed by atoms with E-state index in [1.165, 1.54) is 77.4 Å². The van der Waals surface area contributed by atoms with E-state index in [0.717, 1.165) is 30.2 Å². The number of rotatable bonds is 4. The second-order valence-corrected chi connectivity index (χ2v) is 8.01. The van der Waals surface area contributed by atoms with Crippen molar-refractivity contribution < 1.29 is 0 Å². The van der Waals surface area contributed by atoms with Crippen LogP contribution in [0.15, 0.2) is 0 Å². The van der Waals surface area contributed by atoms with Crippen molar-refractivity contribution in [1.82, 2.24) is 15.1 Å². The molecule has 1 N–H and O–H groups in total. The molecule has 0 amide bonds. The van der Waals surface area contributed by atoms with Crippen molar-refractivity contribution in [1.29, 1.82) is 0 Å². The molecule has 0 radical (unpaired) electrons. The van der Waals surface area contributed by atoms with Crippen LogP contribution >= 0.6 is 0 Å². The van der Waals surface area contributed by atoms with Crippen LogP contribution in [0.1, 0.15) is 64.7 Å². The second kappa shape index (κ2) is 6.17. The Morgan fingerprint density at radius 3 is 2.52 bits per heavy atom. The molecule has 4 fully saturated rings. The quantitative estimate of drug-likeness (QED) is 0.859. The van der Waals surface area contributed by atoms with Gasteiger partial charge >= 0.3 is 0 Å². The van der Waals surface area contributed by atoms with E-state index in [4.69, 9.17) is 0 Å². The maximum absolute atomic E-state index is 3.82. The van der Waals surface area contributed by atoms with E-state index in [1.54, 1.807) is 0 Å². The van der Waals surface area contributed by atoms with Gasteiger partial charge in [0.2, 0.25) is 0 Å². The summed E-state index contributed by atoms with van der Waals surface area (Å²) in [5.74, 6) is 0. The van der Waals surface area contributed by atoms with Gasteiger partial charge in [-0.1, -0.05) is 6.92 Å². The van der Waals surface area contributed by atoms with Crippen LogP contribution in [0.5, 0.6) is 0 Å². The minimum Gasteiger partial charge on any atom is -0.311 e. The lowest BCUT2D eigenvalue weighted by molar-refractivity contribution is 0.0392. The number of piperidine rings is 2. The van der Waals surface area contributed by atoms with E-state index in [0.29, 0.717) is 0 Å². The summed E-state index contributed by atoms with van der Waals surface area (Å²) in [5.41, 5.74) is 0. The molecule has 21 heavy (non-hydrogen) atoms. The summed E-state index contributed by atoms with van der Waals surface area (Å²) >= 11 is 0. The molecule has 4 unspecified atom stereocenters. The third-order valence-electron chi connectivity index (χ3n) is 6.66. The van der Waals surface area contributed by atoms with E-state index in [9.17, 15) is 0 Å². The van der Waals surface area contributed by atoms with E-state index >= 15 is 0 Å². The van der Waals surface area contributed by atoms with Gasteiger partial charge in [-0.3, -0.25) is 4.90 Å². The first kappa shape index (κ1) is 14.5. The largest absolute Gasteiger partial charge is 0.311 e. The summed E-state index contributed by atoms with van der Waals surface area (Å²) in [7, 11) is 0. The molecular formula is C18H33N3. The second-order valence-electron chi connectivity index (χ2n) is 8.01. The van der Waals surface area contributed by atoms with Crippen LogP contribution in [0.4, 0.5) is 0 Å². The zero-order valence-corrected chi connectivity index (χ0v) is 13.8. The van der Waals surface area contributed by atoms with Gasteiger partial charge in [0.25, 0.3) is 0 Å². The molecule has 4 saturated heterocycles. The van der Waals surface area contributed by atoms with Gasteiger partial charge < -0.3 is 10.2 Å². The SMILES string of the molecule is CCCN(C1CC2CCC(C1)N2)C1CCN2CCCC2C1. The molecule has 0 aromatic carbocycles. The van der Waals surface area contributed by atoms with Crippen molar-refractivity contribution in [3.63, 3.8) is 0 Å². The van der Waals surface area contributed by atoms with Crippen molar-refractivity contribution in [2.24, 2.45) is 0 Å². The van der Waals surface area contributed by atoms with Gasteiger partial charge in [0.15, 0.2) is 0 Å². The summed E-state index contributed by atoms with van der Waals surface area (Å²) < 4.78 is 0. The Morgan fingerprint density at radius 1 is 0.952 bits per heavy atom. The predicted molar refractivity (Wildman–Crippen MR) is 87.6 cm³/mol. The summed E-state index contributed by atoms with van der Waals surface area (Å²) in [5, 5.41) is 3.82. The first-order valence-corrected chi connectivity index (χ1v) is 9.59. The number of fused-ring (bicyclic) bond motifs is 3.